The fraction of sp³-hybridized carbons (Fsp3) is 0.577. The molecule has 3 rings (SSSR count). The van der Waals surface area contributed by atoms with Gasteiger partial charge in [-0.3, -0.25) is 14.4 Å². The minimum absolute atomic E-state index is 0.0531. The van der Waals surface area contributed by atoms with Gasteiger partial charge in [0.05, 0.1) is 18.4 Å². The molecule has 1 aromatic carbocycles. The molecule has 1 aromatic rings. The standard InChI is InChI=1S/C26H38N4O4/c1-5-8-17-9-14-20-22(21(17)24(32)27-4)26(34)30(15-16-31)23(20)25(33)28-18-10-12-19(13-11-18)29(6-2)7-3/h9-14,17,20-23,31H,5-8,15-16H2,1-4H3,(H,27,32)(H,28,33)/t17-,20+,21-,22-,23+/m1/s1. The normalized spacial score (nSPS) is 25.7. The van der Waals surface area contributed by atoms with Crippen LogP contribution < -0.4 is 15.5 Å². The molecule has 0 spiro atoms. The van der Waals surface area contributed by atoms with Gasteiger partial charge in [0.25, 0.3) is 0 Å². The molecule has 5 atom stereocenters. The quantitative estimate of drug-likeness (QED) is 0.455. The van der Waals surface area contributed by atoms with Crippen LogP contribution in [-0.2, 0) is 14.4 Å². The molecule has 8 heteroatoms. The molecule has 0 unspecified atom stereocenters. The number of aliphatic hydroxyl groups is 1. The van der Waals surface area contributed by atoms with Crippen LogP contribution in [0.2, 0.25) is 0 Å². The highest BCUT2D eigenvalue weighted by atomic mass is 16.3. The van der Waals surface area contributed by atoms with Gasteiger partial charge in [-0.05, 0) is 50.5 Å². The van der Waals surface area contributed by atoms with E-state index in [1.807, 2.05) is 36.4 Å². The van der Waals surface area contributed by atoms with Gasteiger partial charge in [-0.1, -0.05) is 25.5 Å². The van der Waals surface area contributed by atoms with E-state index in [2.05, 4.69) is 36.3 Å². The number of aliphatic hydroxyl groups excluding tert-OH is 1. The largest absolute Gasteiger partial charge is 0.395 e. The fourth-order valence-electron chi connectivity index (χ4n) is 5.54. The summed E-state index contributed by atoms with van der Waals surface area (Å²) >= 11 is 0. The first kappa shape index (κ1) is 25.7. The average molecular weight is 471 g/mol. The second-order valence-corrected chi connectivity index (χ2v) is 8.99. The van der Waals surface area contributed by atoms with E-state index in [9.17, 15) is 19.5 Å². The Kier molecular flexibility index (Phi) is 8.72. The SMILES string of the molecule is CCC[C@@H]1C=C[C@H]2[C@@H](C(=O)N(CCO)[C@@H]2C(=O)Nc2ccc(N(CC)CC)cc2)[C@@H]1C(=O)NC. The van der Waals surface area contributed by atoms with E-state index in [0.717, 1.165) is 31.6 Å². The lowest BCUT2D eigenvalue weighted by Crippen LogP contribution is -2.45. The number of rotatable bonds is 10. The predicted octanol–water partition coefficient (Wildman–Crippen LogP) is 2.26. The number of hydrogen-bond donors (Lipinski definition) is 3. The third-order valence-electron chi connectivity index (χ3n) is 7.16. The minimum Gasteiger partial charge on any atom is -0.395 e. The molecule has 3 N–H and O–H groups in total. The summed E-state index contributed by atoms with van der Waals surface area (Å²) in [6, 6.07) is 6.87. The van der Waals surface area contributed by atoms with Crippen LogP contribution in [0.15, 0.2) is 36.4 Å². The van der Waals surface area contributed by atoms with Crippen LogP contribution in [0.25, 0.3) is 0 Å². The zero-order valence-electron chi connectivity index (χ0n) is 20.7. The molecule has 0 radical (unpaired) electrons. The highest BCUT2D eigenvalue weighted by molar-refractivity contribution is 6.02. The van der Waals surface area contributed by atoms with Crippen molar-refractivity contribution in [1.82, 2.24) is 10.2 Å². The van der Waals surface area contributed by atoms with Crippen LogP contribution in [0.3, 0.4) is 0 Å². The summed E-state index contributed by atoms with van der Waals surface area (Å²) in [5.41, 5.74) is 1.72. The first-order chi connectivity index (χ1) is 16.4. The third-order valence-corrected chi connectivity index (χ3v) is 7.16. The van der Waals surface area contributed by atoms with Gasteiger partial charge in [-0.2, -0.15) is 0 Å². The maximum absolute atomic E-state index is 13.5. The number of β-amino-alcohol motifs (C(OH)–C–C–N with tert-alkyl or cyclic N) is 1. The molecule has 0 saturated carbocycles. The lowest BCUT2D eigenvalue weighted by molar-refractivity contribution is -0.140. The summed E-state index contributed by atoms with van der Waals surface area (Å²) in [6.45, 7) is 7.83. The molecule has 8 nitrogen and oxygen atoms in total. The Morgan fingerprint density at radius 2 is 1.74 bits per heavy atom. The lowest BCUT2D eigenvalue weighted by atomic mass is 9.68. The Morgan fingerprint density at radius 1 is 1.06 bits per heavy atom. The molecule has 2 aliphatic rings. The van der Waals surface area contributed by atoms with Crippen LogP contribution in [0.5, 0.6) is 0 Å². The van der Waals surface area contributed by atoms with Crippen molar-refractivity contribution in [2.45, 2.75) is 39.7 Å². The van der Waals surface area contributed by atoms with Gasteiger partial charge >= 0.3 is 0 Å². The Hall–Kier alpha value is -2.87. The van der Waals surface area contributed by atoms with E-state index in [-0.39, 0.29) is 36.8 Å². The highest BCUT2D eigenvalue weighted by Gasteiger charge is 2.56. The van der Waals surface area contributed by atoms with Crippen molar-refractivity contribution in [3.8, 4) is 0 Å². The second kappa shape index (κ2) is 11.5. The number of nitrogens with zero attached hydrogens (tertiary/aromatic N) is 2. The highest BCUT2D eigenvalue weighted by Crippen LogP contribution is 2.45. The van der Waals surface area contributed by atoms with Crippen molar-refractivity contribution < 1.29 is 19.5 Å². The van der Waals surface area contributed by atoms with Gasteiger partial charge in [0.15, 0.2) is 0 Å². The summed E-state index contributed by atoms with van der Waals surface area (Å²) in [5.74, 6) is -2.35. The van der Waals surface area contributed by atoms with E-state index in [4.69, 9.17) is 0 Å². The zero-order chi connectivity index (χ0) is 24.8. The van der Waals surface area contributed by atoms with Crippen LogP contribution in [-0.4, -0.2) is 67.1 Å². The summed E-state index contributed by atoms with van der Waals surface area (Å²) in [6.07, 6.45) is 5.62. The molecule has 1 heterocycles. The van der Waals surface area contributed by atoms with Crippen LogP contribution >= 0.6 is 0 Å². The molecule has 186 valence electrons. The number of carbonyl (C=O) groups is 3. The topological polar surface area (TPSA) is 102 Å². The number of benzene rings is 1. The smallest absolute Gasteiger partial charge is 0.247 e. The zero-order valence-corrected chi connectivity index (χ0v) is 20.7. The van der Waals surface area contributed by atoms with Gasteiger partial charge < -0.3 is 25.5 Å². The number of anilines is 2. The number of allylic oxidation sites excluding steroid dienone is 1. The van der Waals surface area contributed by atoms with E-state index in [1.54, 1.807) is 7.05 Å². The maximum atomic E-state index is 13.5. The fourth-order valence-corrected chi connectivity index (χ4v) is 5.54. The molecular weight excluding hydrogens is 432 g/mol. The van der Waals surface area contributed by atoms with Crippen LogP contribution in [0.1, 0.15) is 33.6 Å². The van der Waals surface area contributed by atoms with Crippen molar-refractivity contribution in [2.75, 3.05) is 43.5 Å². The minimum atomic E-state index is -0.780. The molecule has 3 amide bonds. The van der Waals surface area contributed by atoms with E-state index in [1.165, 1.54) is 4.90 Å². The average Bonchev–Trinajstić information content (AvgIpc) is 3.12. The predicted molar refractivity (Wildman–Crippen MR) is 133 cm³/mol. The molecule has 1 saturated heterocycles. The van der Waals surface area contributed by atoms with Crippen molar-refractivity contribution in [3.63, 3.8) is 0 Å². The van der Waals surface area contributed by atoms with Crippen molar-refractivity contribution in [1.29, 1.82) is 0 Å². The Labute approximate surface area is 202 Å². The summed E-state index contributed by atoms with van der Waals surface area (Å²) in [4.78, 5) is 43.4. The lowest BCUT2D eigenvalue weighted by Gasteiger charge is -2.34. The number of fused-ring (bicyclic) bond motifs is 1. The van der Waals surface area contributed by atoms with Crippen molar-refractivity contribution >= 4 is 29.1 Å². The molecule has 1 aliphatic heterocycles. The summed E-state index contributed by atoms with van der Waals surface area (Å²) in [5, 5.41) is 15.3. The number of hydrogen-bond acceptors (Lipinski definition) is 5. The van der Waals surface area contributed by atoms with Gasteiger partial charge in [0.2, 0.25) is 17.7 Å². The van der Waals surface area contributed by atoms with Gasteiger partial charge in [0, 0.05) is 44.0 Å². The van der Waals surface area contributed by atoms with Gasteiger partial charge in [-0.15, -0.1) is 0 Å². The van der Waals surface area contributed by atoms with Gasteiger partial charge in [-0.25, -0.2) is 0 Å². The number of nitrogens with one attached hydrogen (secondary N) is 2. The molecular formula is C26H38N4O4. The third kappa shape index (κ3) is 4.97. The van der Waals surface area contributed by atoms with Crippen molar-refractivity contribution in [2.24, 2.45) is 23.7 Å². The van der Waals surface area contributed by atoms with Crippen LogP contribution in [0, 0.1) is 23.7 Å². The maximum Gasteiger partial charge on any atom is 0.247 e. The number of likely N-dealkylation sites (tertiary alicyclic amines) is 1. The van der Waals surface area contributed by atoms with Crippen molar-refractivity contribution in [3.05, 3.63) is 36.4 Å². The summed E-state index contributed by atoms with van der Waals surface area (Å²) < 4.78 is 0. The first-order valence-corrected chi connectivity index (χ1v) is 12.4. The van der Waals surface area contributed by atoms with Gasteiger partial charge in [0.1, 0.15) is 6.04 Å². The monoisotopic (exact) mass is 470 g/mol. The number of amides is 3. The Morgan fingerprint density at radius 3 is 2.29 bits per heavy atom. The van der Waals surface area contributed by atoms with E-state index < -0.39 is 23.8 Å². The second-order valence-electron chi connectivity index (χ2n) is 8.99. The Balaban J connectivity index is 1.88. The van der Waals surface area contributed by atoms with Crippen LogP contribution in [0.4, 0.5) is 11.4 Å². The van der Waals surface area contributed by atoms with E-state index >= 15 is 0 Å². The summed E-state index contributed by atoms with van der Waals surface area (Å²) in [7, 11) is 1.58. The molecule has 0 bridgehead atoms. The molecule has 0 aromatic heterocycles. The molecule has 1 fully saturated rings. The van der Waals surface area contributed by atoms with E-state index in [0.29, 0.717) is 5.69 Å². The molecule has 1 aliphatic carbocycles. The Bertz CT molecular complexity index is 897. The molecule has 34 heavy (non-hydrogen) atoms. The number of carbonyl (C=O) groups excluding carboxylic acids is 3. The first-order valence-electron chi connectivity index (χ1n) is 12.4.